The van der Waals surface area contributed by atoms with Crippen LogP contribution in [-0.4, -0.2) is 29.7 Å². The maximum absolute atomic E-state index is 11.4. The van der Waals surface area contributed by atoms with Crippen LogP contribution in [0.1, 0.15) is 23.7 Å². The number of fused-ring (bicyclic) bond motifs is 1. The second-order valence-corrected chi connectivity index (χ2v) is 7.78. The molecule has 0 spiro atoms. The Morgan fingerprint density at radius 3 is 2.88 bits per heavy atom. The maximum atomic E-state index is 11.4. The summed E-state index contributed by atoms with van der Waals surface area (Å²) in [6.45, 7) is 0. The van der Waals surface area contributed by atoms with Crippen molar-refractivity contribution in [2.75, 3.05) is 11.5 Å². The Morgan fingerprint density at radius 1 is 1.44 bits per heavy atom. The highest BCUT2D eigenvalue weighted by atomic mass is 35.5. The zero-order valence-electron chi connectivity index (χ0n) is 8.52. The van der Waals surface area contributed by atoms with E-state index in [0.717, 1.165) is 22.8 Å². The fourth-order valence-corrected chi connectivity index (χ4v) is 5.37. The van der Waals surface area contributed by atoms with Gasteiger partial charge in [-0.25, -0.2) is 13.1 Å². The van der Waals surface area contributed by atoms with Gasteiger partial charge < -0.3 is 0 Å². The average molecular weight is 279 g/mol. The second-order valence-electron chi connectivity index (χ2n) is 4.21. The molecule has 7 heteroatoms. The van der Waals surface area contributed by atoms with Gasteiger partial charge in [0, 0.05) is 17.1 Å². The Kier molecular flexibility index (Phi) is 2.49. The quantitative estimate of drug-likeness (QED) is 0.784. The summed E-state index contributed by atoms with van der Waals surface area (Å²) in [6, 6.07) is -0.0619. The summed E-state index contributed by atoms with van der Waals surface area (Å²) in [6.07, 6.45) is 0.635. The van der Waals surface area contributed by atoms with Gasteiger partial charge in [-0.1, -0.05) is 11.6 Å². The lowest BCUT2D eigenvalue weighted by Crippen LogP contribution is -2.13. The Hall–Kier alpha value is -0.200. The smallest absolute Gasteiger partial charge is 0.152 e. The predicted octanol–water partition coefficient (Wildman–Crippen LogP) is 1.64. The molecule has 0 radical (unpaired) electrons. The van der Waals surface area contributed by atoms with Gasteiger partial charge in [0.25, 0.3) is 0 Å². The van der Waals surface area contributed by atoms with Gasteiger partial charge in [-0.05, 0) is 6.42 Å². The molecule has 4 nitrogen and oxygen atoms in total. The first-order chi connectivity index (χ1) is 7.57. The molecule has 0 bridgehead atoms. The second kappa shape index (κ2) is 3.65. The van der Waals surface area contributed by atoms with Crippen molar-refractivity contribution >= 4 is 33.2 Å². The molecular formula is C9H11ClN2O2S2. The van der Waals surface area contributed by atoms with Gasteiger partial charge in [-0.15, -0.1) is 0 Å². The highest BCUT2D eigenvalue weighted by molar-refractivity contribution is 7.98. The molecule has 3 heterocycles. The Labute approximate surface area is 103 Å². The van der Waals surface area contributed by atoms with Gasteiger partial charge in [0.1, 0.15) is 5.15 Å². The van der Waals surface area contributed by atoms with Crippen LogP contribution in [0.5, 0.6) is 0 Å². The number of aromatic nitrogens is 2. The van der Waals surface area contributed by atoms with Crippen LogP contribution in [0, 0.1) is 0 Å². The molecule has 3 rings (SSSR count). The summed E-state index contributed by atoms with van der Waals surface area (Å²) >= 11 is 8.03. The van der Waals surface area contributed by atoms with E-state index >= 15 is 0 Å². The molecule has 0 saturated carbocycles. The number of hydrogen-bond acceptors (Lipinski definition) is 4. The first-order valence-corrected chi connectivity index (χ1v) is 8.46. The topological polar surface area (TPSA) is 52.0 Å². The van der Waals surface area contributed by atoms with E-state index in [1.165, 1.54) is 0 Å². The zero-order chi connectivity index (χ0) is 11.3. The van der Waals surface area contributed by atoms with E-state index in [0.29, 0.717) is 11.6 Å². The molecule has 0 aliphatic carbocycles. The van der Waals surface area contributed by atoms with E-state index in [4.69, 9.17) is 11.6 Å². The molecule has 1 fully saturated rings. The number of sulfone groups is 1. The minimum atomic E-state index is -2.88. The standard InChI is InChI=1S/C9H11ClN2O2S2/c10-9-7-3-15-4-8(7)11-12(9)6-1-2-16(13,14)5-6/h6H,1-5H2. The monoisotopic (exact) mass is 278 g/mol. The zero-order valence-corrected chi connectivity index (χ0v) is 10.9. The van der Waals surface area contributed by atoms with Crippen LogP contribution < -0.4 is 0 Å². The normalized spacial score (nSPS) is 27.2. The number of thioether (sulfide) groups is 1. The van der Waals surface area contributed by atoms with E-state index in [2.05, 4.69) is 5.10 Å². The average Bonchev–Trinajstić information content (AvgIpc) is 2.84. The Morgan fingerprint density at radius 2 is 2.25 bits per heavy atom. The van der Waals surface area contributed by atoms with Gasteiger partial charge in [-0.3, -0.25) is 0 Å². The summed E-state index contributed by atoms with van der Waals surface area (Å²) in [7, 11) is -2.88. The molecule has 2 aliphatic rings. The summed E-state index contributed by atoms with van der Waals surface area (Å²) in [5.41, 5.74) is 2.12. The van der Waals surface area contributed by atoms with Crippen molar-refractivity contribution < 1.29 is 8.42 Å². The van der Waals surface area contributed by atoms with Gasteiger partial charge in [0.05, 0.1) is 23.2 Å². The fourth-order valence-electron chi connectivity index (χ4n) is 2.21. The molecule has 16 heavy (non-hydrogen) atoms. The number of halogens is 1. The fraction of sp³-hybridized carbons (Fsp3) is 0.667. The summed E-state index contributed by atoms with van der Waals surface area (Å²) < 4.78 is 24.5. The van der Waals surface area contributed by atoms with Gasteiger partial charge in [0.2, 0.25) is 0 Å². The first-order valence-electron chi connectivity index (χ1n) is 5.11. The van der Waals surface area contributed by atoms with Crippen molar-refractivity contribution in [3.8, 4) is 0 Å². The minimum absolute atomic E-state index is 0.0619. The molecule has 0 N–H and O–H groups in total. The van der Waals surface area contributed by atoms with Crippen LogP contribution in [0.4, 0.5) is 0 Å². The molecule has 1 aromatic heterocycles. The van der Waals surface area contributed by atoms with Gasteiger partial charge in [-0.2, -0.15) is 16.9 Å². The predicted molar refractivity (Wildman–Crippen MR) is 64.5 cm³/mol. The number of hydrogen-bond donors (Lipinski definition) is 0. The van der Waals surface area contributed by atoms with E-state index in [-0.39, 0.29) is 17.5 Å². The van der Waals surface area contributed by atoms with Crippen molar-refractivity contribution in [2.24, 2.45) is 0 Å². The van der Waals surface area contributed by atoms with E-state index < -0.39 is 9.84 Å². The number of rotatable bonds is 1. The van der Waals surface area contributed by atoms with Crippen LogP contribution in [0.3, 0.4) is 0 Å². The van der Waals surface area contributed by atoms with Crippen molar-refractivity contribution in [3.63, 3.8) is 0 Å². The largest absolute Gasteiger partial charge is 0.249 e. The Bertz CT molecular complexity index is 538. The van der Waals surface area contributed by atoms with Crippen LogP contribution in [-0.2, 0) is 21.3 Å². The third-order valence-corrected chi connectivity index (χ3v) is 6.19. The molecule has 0 aromatic carbocycles. The van der Waals surface area contributed by atoms with Crippen molar-refractivity contribution in [1.29, 1.82) is 0 Å². The van der Waals surface area contributed by atoms with Crippen LogP contribution >= 0.6 is 23.4 Å². The first kappa shape index (κ1) is 10.9. The minimum Gasteiger partial charge on any atom is -0.249 e. The highest BCUT2D eigenvalue weighted by Gasteiger charge is 2.33. The molecule has 1 saturated heterocycles. The SMILES string of the molecule is O=S1(=O)CCC(n2nc3c(c2Cl)CSC3)C1. The molecule has 1 aromatic rings. The number of nitrogens with zero attached hydrogens (tertiary/aromatic N) is 2. The molecule has 2 aliphatic heterocycles. The van der Waals surface area contributed by atoms with E-state index in [1.807, 2.05) is 0 Å². The van der Waals surface area contributed by atoms with E-state index in [9.17, 15) is 8.42 Å². The van der Waals surface area contributed by atoms with Crippen molar-refractivity contribution in [2.45, 2.75) is 24.0 Å². The third kappa shape index (κ3) is 1.67. The highest BCUT2D eigenvalue weighted by Crippen LogP contribution is 2.37. The Balaban J connectivity index is 1.97. The maximum Gasteiger partial charge on any atom is 0.152 e. The van der Waals surface area contributed by atoms with Crippen molar-refractivity contribution in [1.82, 2.24) is 9.78 Å². The molecule has 1 atom stereocenters. The van der Waals surface area contributed by atoms with E-state index in [1.54, 1.807) is 16.4 Å². The third-order valence-electron chi connectivity index (χ3n) is 3.07. The summed E-state index contributed by atoms with van der Waals surface area (Å²) in [4.78, 5) is 0. The van der Waals surface area contributed by atoms with Crippen LogP contribution in [0.25, 0.3) is 0 Å². The summed E-state index contributed by atoms with van der Waals surface area (Å²) in [5.74, 6) is 2.23. The summed E-state index contributed by atoms with van der Waals surface area (Å²) in [5, 5.41) is 5.08. The molecular weight excluding hydrogens is 268 g/mol. The van der Waals surface area contributed by atoms with Gasteiger partial charge in [0.15, 0.2) is 9.84 Å². The molecule has 1 unspecified atom stereocenters. The lowest BCUT2D eigenvalue weighted by Gasteiger charge is -2.10. The van der Waals surface area contributed by atoms with Crippen LogP contribution in [0.15, 0.2) is 0 Å². The van der Waals surface area contributed by atoms with Crippen LogP contribution in [0.2, 0.25) is 5.15 Å². The lowest BCUT2D eigenvalue weighted by molar-refractivity contribution is 0.497. The van der Waals surface area contributed by atoms with Crippen molar-refractivity contribution in [3.05, 3.63) is 16.4 Å². The molecule has 0 amide bonds. The van der Waals surface area contributed by atoms with Gasteiger partial charge >= 0.3 is 0 Å². The lowest BCUT2D eigenvalue weighted by atomic mass is 10.2. The molecule has 88 valence electrons.